The Morgan fingerprint density at radius 2 is 1.67 bits per heavy atom. The topological polar surface area (TPSA) is 52.7 Å². The Hall–Kier alpha value is -2.82. The first-order valence-corrected chi connectivity index (χ1v) is 9.54. The Bertz CT molecular complexity index is 770. The molecule has 0 radical (unpaired) electrons. The Morgan fingerprint density at radius 1 is 0.963 bits per heavy atom. The fourth-order valence-electron chi connectivity index (χ4n) is 3.34. The molecule has 0 saturated carbocycles. The second-order valence-corrected chi connectivity index (χ2v) is 7.05. The van der Waals surface area contributed by atoms with E-state index in [-0.39, 0.29) is 11.9 Å². The monoisotopic (exact) mass is 365 g/mol. The minimum absolute atomic E-state index is 0.0871. The van der Waals surface area contributed by atoms with Crippen LogP contribution in [0, 0.1) is 0 Å². The highest BCUT2D eigenvalue weighted by atomic mass is 16.2. The van der Waals surface area contributed by atoms with Crippen LogP contribution in [0.3, 0.4) is 0 Å². The van der Waals surface area contributed by atoms with Crippen molar-refractivity contribution in [2.45, 2.75) is 32.4 Å². The first kappa shape index (κ1) is 19.0. The number of rotatable bonds is 5. The van der Waals surface area contributed by atoms with Crippen LogP contribution in [-0.2, 0) is 13.1 Å². The van der Waals surface area contributed by atoms with E-state index in [4.69, 9.17) is 0 Å². The van der Waals surface area contributed by atoms with E-state index in [1.165, 1.54) is 6.42 Å². The summed E-state index contributed by atoms with van der Waals surface area (Å²) in [5.74, 6) is 0.0871. The third kappa shape index (κ3) is 5.33. The van der Waals surface area contributed by atoms with E-state index >= 15 is 0 Å². The number of carbonyl (C=O) groups excluding carboxylic acids is 2. The smallest absolute Gasteiger partial charge is 0.317 e. The van der Waals surface area contributed by atoms with Gasteiger partial charge >= 0.3 is 6.03 Å². The zero-order chi connectivity index (χ0) is 19.1. The van der Waals surface area contributed by atoms with Gasteiger partial charge in [0.1, 0.15) is 0 Å². The van der Waals surface area contributed by atoms with Crippen LogP contribution in [0.15, 0.2) is 54.6 Å². The average Bonchev–Trinajstić information content (AvgIpc) is 2.73. The summed E-state index contributed by atoms with van der Waals surface area (Å²) in [5, 5.41) is 2.93. The van der Waals surface area contributed by atoms with Gasteiger partial charge in [-0.25, -0.2) is 4.79 Å². The molecule has 2 aromatic rings. The summed E-state index contributed by atoms with van der Waals surface area (Å²) in [6.45, 7) is 2.63. The number of benzene rings is 2. The fraction of sp³-hybridized carbons (Fsp3) is 0.364. The summed E-state index contributed by atoms with van der Waals surface area (Å²) in [6, 6.07) is 17.3. The van der Waals surface area contributed by atoms with Crippen LogP contribution in [0.1, 0.15) is 40.7 Å². The van der Waals surface area contributed by atoms with Gasteiger partial charge in [-0.15, -0.1) is 0 Å². The molecule has 27 heavy (non-hydrogen) atoms. The van der Waals surface area contributed by atoms with Crippen molar-refractivity contribution in [1.82, 2.24) is 15.1 Å². The number of hydrogen-bond acceptors (Lipinski definition) is 2. The number of piperidine rings is 1. The predicted molar refractivity (Wildman–Crippen MR) is 106 cm³/mol. The van der Waals surface area contributed by atoms with E-state index in [0.29, 0.717) is 18.7 Å². The third-order valence-corrected chi connectivity index (χ3v) is 4.87. The molecule has 0 bridgehead atoms. The molecule has 1 aliphatic heterocycles. The highest BCUT2D eigenvalue weighted by Gasteiger charge is 2.18. The lowest BCUT2D eigenvalue weighted by atomic mass is 10.1. The van der Waals surface area contributed by atoms with Gasteiger partial charge in [0.15, 0.2) is 0 Å². The molecule has 0 unspecified atom stereocenters. The molecule has 142 valence electrons. The molecule has 5 heteroatoms. The Kier molecular flexibility index (Phi) is 6.47. The molecule has 0 aliphatic carbocycles. The van der Waals surface area contributed by atoms with Gasteiger partial charge in [-0.1, -0.05) is 42.5 Å². The minimum Gasteiger partial charge on any atom is -0.339 e. The highest BCUT2D eigenvalue weighted by molar-refractivity contribution is 5.94. The number of nitrogens with one attached hydrogen (secondary N) is 1. The number of carbonyl (C=O) groups is 2. The molecule has 0 atom stereocenters. The number of urea groups is 1. The van der Waals surface area contributed by atoms with Crippen LogP contribution < -0.4 is 5.32 Å². The van der Waals surface area contributed by atoms with Crippen molar-refractivity contribution >= 4 is 11.9 Å². The van der Waals surface area contributed by atoms with E-state index < -0.39 is 0 Å². The minimum atomic E-state index is -0.133. The summed E-state index contributed by atoms with van der Waals surface area (Å²) >= 11 is 0. The first-order chi connectivity index (χ1) is 13.1. The van der Waals surface area contributed by atoms with Crippen LogP contribution in [0.2, 0.25) is 0 Å². The maximum Gasteiger partial charge on any atom is 0.317 e. The van der Waals surface area contributed by atoms with Gasteiger partial charge in [0.2, 0.25) is 0 Å². The zero-order valence-corrected chi connectivity index (χ0v) is 15.9. The van der Waals surface area contributed by atoms with Crippen molar-refractivity contribution in [2.24, 2.45) is 0 Å². The van der Waals surface area contributed by atoms with Gasteiger partial charge in [-0.3, -0.25) is 4.79 Å². The normalized spacial score (nSPS) is 13.9. The number of likely N-dealkylation sites (tertiary alicyclic amines) is 1. The van der Waals surface area contributed by atoms with Gasteiger partial charge in [0.25, 0.3) is 5.91 Å². The summed E-state index contributed by atoms with van der Waals surface area (Å²) < 4.78 is 0. The largest absolute Gasteiger partial charge is 0.339 e. The summed E-state index contributed by atoms with van der Waals surface area (Å²) in [4.78, 5) is 28.5. The van der Waals surface area contributed by atoms with Crippen LogP contribution >= 0.6 is 0 Å². The molecular formula is C22H27N3O2. The second-order valence-electron chi connectivity index (χ2n) is 7.05. The van der Waals surface area contributed by atoms with Crippen molar-refractivity contribution in [1.29, 1.82) is 0 Å². The maximum atomic E-state index is 12.6. The number of amides is 3. The number of nitrogens with zero attached hydrogens (tertiary/aromatic N) is 2. The quantitative estimate of drug-likeness (QED) is 0.879. The van der Waals surface area contributed by atoms with Crippen LogP contribution in [0.5, 0.6) is 0 Å². The van der Waals surface area contributed by atoms with Crippen molar-refractivity contribution in [3.63, 3.8) is 0 Å². The van der Waals surface area contributed by atoms with Crippen molar-refractivity contribution in [2.75, 3.05) is 20.1 Å². The van der Waals surface area contributed by atoms with Crippen molar-refractivity contribution in [3.8, 4) is 0 Å². The molecular weight excluding hydrogens is 338 g/mol. The van der Waals surface area contributed by atoms with E-state index in [1.54, 1.807) is 11.9 Å². The first-order valence-electron chi connectivity index (χ1n) is 9.54. The van der Waals surface area contributed by atoms with Crippen molar-refractivity contribution < 1.29 is 9.59 Å². The van der Waals surface area contributed by atoms with Gasteiger partial charge in [-0.05, 0) is 42.5 Å². The lowest BCUT2D eigenvalue weighted by Crippen LogP contribution is -2.36. The van der Waals surface area contributed by atoms with E-state index in [1.807, 2.05) is 59.5 Å². The predicted octanol–water partition coefficient (Wildman–Crippen LogP) is 3.65. The molecule has 3 amide bonds. The summed E-state index contributed by atoms with van der Waals surface area (Å²) in [6.07, 6.45) is 3.36. The summed E-state index contributed by atoms with van der Waals surface area (Å²) in [5.41, 5.74) is 2.71. The molecule has 1 N–H and O–H groups in total. The van der Waals surface area contributed by atoms with Crippen LogP contribution in [0.4, 0.5) is 4.79 Å². The highest BCUT2D eigenvalue weighted by Crippen LogP contribution is 2.14. The van der Waals surface area contributed by atoms with Gasteiger partial charge in [0.05, 0.1) is 0 Å². The fourth-order valence-corrected chi connectivity index (χ4v) is 3.34. The molecule has 1 aliphatic rings. The lowest BCUT2D eigenvalue weighted by molar-refractivity contribution is 0.0724. The van der Waals surface area contributed by atoms with Crippen LogP contribution in [0.25, 0.3) is 0 Å². The zero-order valence-electron chi connectivity index (χ0n) is 15.9. The van der Waals surface area contributed by atoms with Gasteiger partial charge in [-0.2, -0.15) is 0 Å². The van der Waals surface area contributed by atoms with Crippen molar-refractivity contribution in [3.05, 3.63) is 71.3 Å². The molecule has 2 aromatic carbocycles. The second kappa shape index (κ2) is 9.21. The third-order valence-electron chi connectivity index (χ3n) is 4.87. The van der Waals surface area contributed by atoms with E-state index in [9.17, 15) is 9.59 Å². The Balaban J connectivity index is 1.54. The molecule has 3 rings (SSSR count). The summed E-state index contributed by atoms with van der Waals surface area (Å²) in [7, 11) is 1.78. The van der Waals surface area contributed by atoms with Gasteiger partial charge < -0.3 is 15.1 Å². The lowest BCUT2D eigenvalue weighted by Gasteiger charge is -2.26. The molecule has 1 saturated heterocycles. The SMILES string of the molecule is CN(Cc1ccccc1)C(=O)NCc1cccc(C(=O)N2CCCCC2)c1. The molecule has 1 heterocycles. The molecule has 5 nitrogen and oxygen atoms in total. The molecule has 1 fully saturated rings. The number of hydrogen-bond donors (Lipinski definition) is 1. The average molecular weight is 365 g/mol. The van der Waals surface area contributed by atoms with E-state index in [2.05, 4.69) is 5.32 Å². The Labute approximate surface area is 161 Å². The Morgan fingerprint density at radius 3 is 2.41 bits per heavy atom. The molecule has 0 spiro atoms. The molecule has 0 aromatic heterocycles. The standard InChI is InChI=1S/C22H27N3O2/c1-24(17-18-9-4-2-5-10-18)22(27)23-16-19-11-8-12-20(15-19)21(26)25-13-6-3-7-14-25/h2,4-5,8-12,15H,3,6-7,13-14,16-17H2,1H3,(H,23,27). The van der Waals surface area contributed by atoms with Crippen LogP contribution in [-0.4, -0.2) is 41.9 Å². The van der Waals surface area contributed by atoms with E-state index in [0.717, 1.165) is 37.1 Å². The maximum absolute atomic E-state index is 12.6. The van der Waals surface area contributed by atoms with Gasteiger partial charge in [0, 0.05) is 38.8 Å².